The van der Waals surface area contributed by atoms with Gasteiger partial charge >= 0.3 is 0 Å². The number of rotatable bonds is 5. The first-order valence-electron chi connectivity index (χ1n) is 8.99. The van der Waals surface area contributed by atoms with Crippen LogP contribution >= 0.6 is 11.3 Å². The molecule has 0 saturated carbocycles. The predicted octanol–water partition coefficient (Wildman–Crippen LogP) is 5.23. The third kappa shape index (κ3) is 3.68. The van der Waals surface area contributed by atoms with E-state index in [0.717, 1.165) is 23.1 Å². The zero-order chi connectivity index (χ0) is 19.5. The summed E-state index contributed by atoms with van der Waals surface area (Å²) in [6, 6.07) is 18.4. The van der Waals surface area contributed by atoms with Crippen molar-refractivity contribution in [3.63, 3.8) is 0 Å². The normalized spacial score (nSPS) is 10.8. The fourth-order valence-electron chi connectivity index (χ4n) is 3.06. The van der Waals surface area contributed by atoms with E-state index in [0.29, 0.717) is 16.1 Å². The molecule has 2 amide bonds. The summed E-state index contributed by atoms with van der Waals surface area (Å²) in [5.41, 5.74) is 3.07. The molecule has 0 atom stereocenters. The molecule has 2 N–H and O–H groups in total. The fourth-order valence-corrected chi connectivity index (χ4v) is 3.68. The Labute approximate surface area is 166 Å². The zero-order valence-corrected chi connectivity index (χ0v) is 16.1. The molecule has 0 aliphatic carbocycles. The molecule has 6 heteroatoms. The number of carbonyl (C=O) groups excluding carboxylic acids is 2. The molecule has 2 aromatic carbocycles. The van der Waals surface area contributed by atoms with Gasteiger partial charge < -0.3 is 15.2 Å². The summed E-state index contributed by atoms with van der Waals surface area (Å²) in [5, 5.41) is 8.70. The first kappa shape index (κ1) is 18.0. The summed E-state index contributed by atoms with van der Waals surface area (Å²) in [7, 11) is 0. The van der Waals surface area contributed by atoms with Crippen molar-refractivity contribution >= 4 is 45.4 Å². The van der Waals surface area contributed by atoms with Gasteiger partial charge in [-0.15, -0.1) is 11.3 Å². The van der Waals surface area contributed by atoms with E-state index in [1.54, 1.807) is 30.3 Å². The van der Waals surface area contributed by atoms with Crippen molar-refractivity contribution in [2.75, 3.05) is 10.6 Å². The Morgan fingerprint density at radius 3 is 2.39 bits per heavy atom. The summed E-state index contributed by atoms with van der Waals surface area (Å²) in [6.45, 7) is 3.01. The second-order valence-corrected chi connectivity index (χ2v) is 7.29. The van der Waals surface area contributed by atoms with Crippen molar-refractivity contribution in [3.05, 3.63) is 82.7 Å². The average Bonchev–Trinajstić information content (AvgIpc) is 3.38. The highest BCUT2D eigenvalue weighted by molar-refractivity contribution is 7.12. The number of nitrogens with zero attached hydrogens (tertiary/aromatic N) is 1. The number of benzene rings is 2. The van der Waals surface area contributed by atoms with Crippen LogP contribution < -0.4 is 10.6 Å². The maximum atomic E-state index is 12.5. The Hall–Kier alpha value is -3.38. The van der Waals surface area contributed by atoms with Crippen molar-refractivity contribution < 1.29 is 9.59 Å². The molecule has 4 rings (SSSR count). The third-order valence-corrected chi connectivity index (χ3v) is 5.39. The highest BCUT2D eigenvalue weighted by atomic mass is 32.1. The Morgan fingerprint density at radius 2 is 1.68 bits per heavy atom. The lowest BCUT2D eigenvalue weighted by Crippen LogP contribution is -2.13. The minimum atomic E-state index is -0.189. The SMILES string of the molecule is CCn1ccc2cc(NC(=O)c3ccc(NC(=O)c4cccs4)cc3)ccc21. The minimum absolute atomic E-state index is 0.153. The second-order valence-electron chi connectivity index (χ2n) is 6.34. The van der Waals surface area contributed by atoms with Crippen LogP contribution in [0.3, 0.4) is 0 Å². The molecular formula is C22H19N3O2S. The van der Waals surface area contributed by atoms with Crippen molar-refractivity contribution in [1.29, 1.82) is 0 Å². The molecule has 4 aromatic rings. The Morgan fingerprint density at radius 1 is 0.929 bits per heavy atom. The number of nitrogens with one attached hydrogen (secondary N) is 2. The fraction of sp³-hybridized carbons (Fsp3) is 0.0909. The average molecular weight is 389 g/mol. The number of fused-ring (bicyclic) bond motifs is 1. The molecule has 2 heterocycles. The standard InChI is InChI=1S/C22H19N3O2S/c1-2-25-12-11-16-14-18(9-10-19(16)25)24-21(26)15-5-7-17(8-6-15)23-22(27)20-4-3-13-28-20/h3-14H,2H2,1H3,(H,23,27)(H,24,26). The van der Waals surface area contributed by atoms with Crippen LogP contribution in [-0.4, -0.2) is 16.4 Å². The lowest BCUT2D eigenvalue weighted by Gasteiger charge is -2.08. The molecule has 0 aliphatic rings. The molecule has 0 saturated heterocycles. The van der Waals surface area contributed by atoms with Gasteiger partial charge in [-0.3, -0.25) is 9.59 Å². The largest absolute Gasteiger partial charge is 0.348 e. The van der Waals surface area contributed by atoms with Crippen LogP contribution in [-0.2, 0) is 6.54 Å². The highest BCUT2D eigenvalue weighted by Gasteiger charge is 2.10. The van der Waals surface area contributed by atoms with E-state index >= 15 is 0 Å². The van der Waals surface area contributed by atoms with Gasteiger partial charge in [-0.25, -0.2) is 0 Å². The monoisotopic (exact) mass is 389 g/mol. The third-order valence-electron chi connectivity index (χ3n) is 4.52. The number of carbonyl (C=O) groups is 2. The van der Waals surface area contributed by atoms with Crippen LogP contribution in [0.15, 0.2) is 72.2 Å². The molecule has 0 spiro atoms. The number of hydrogen-bond donors (Lipinski definition) is 2. The summed E-state index contributed by atoms with van der Waals surface area (Å²) >= 11 is 1.39. The van der Waals surface area contributed by atoms with Crippen LogP contribution in [0.4, 0.5) is 11.4 Å². The van der Waals surface area contributed by atoms with Gasteiger partial charge in [0.25, 0.3) is 11.8 Å². The van der Waals surface area contributed by atoms with Gasteiger partial charge in [-0.1, -0.05) is 6.07 Å². The van der Waals surface area contributed by atoms with Crippen LogP contribution in [0.2, 0.25) is 0 Å². The lowest BCUT2D eigenvalue weighted by molar-refractivity contribution is 0.102. The van der Waals surface area contributed by atoms with E-state index in [1.165, 1.54) is 11.3 Å². The van der Waals surface area contributed by atoms with Gasteiger partial charge in [0.2, 0.25) is 0 Å². The van der Waals surface area contributed by atoms with Crippen molar-refractivity contribution in [2.24, 2.45) is 0 Å². The number of hydrogen-bond acceptors (Lipinski definition) is 3. The number of amides is 2. The Bertz CT molecular complexity index is 1130. The molecular weight excluding hydrogens is 370 g/mol. The van der Waals surface area contributed by atoms with Gasteiger partial charge in [0.1, 0.15) is 0 Å². The van der Waals surface area contributed by atoms with E-state index in [9.17, 15) is 9.59 Å². The number of thiophene rings is 1. The quantitative estimate of drug-likeness (QED) is 0.491. The Kier molecular flexibility index (Phi) is 4.95. The minimum Gasteiger partial charge on any atom is -0.348 e. The van der Waals surface area contributed by atoms with Crippen LogP contribution in [0, 0.1) is 0 Å². The highest BCUT2D eigenvalue weighted by Crippen LogP contribution is 2.21. The lowest BCUT2D eigenvalue weighted by atomic mass is 10.1. The van der Waals surface area contributed by atoms with Crippen molar-refractivity contribution in [1.82, 2.24) is 4.57 Å². The van der Waals surface area contributed by atoms with Gasteiger partial charge in [-0.2, -0.15) is 0 Å². The van der Waals surface area contributed by atoms with Crippen LogP contribution in [0.1, 0.15) is 27.0 Å². The van der Waals surface area contributed by atoms with Crippen molar-refractivity contribution in [3.8, 4) is 0 Å². The van der Waals surface area contributed by atoms with E-state index < -0.39 is 0 Å². The number of aryl methyl sites for hydroxylation is 1. The van der Waals surface area contributed by atoms with Gasteiger partial charge in [0, 0.05) is 40.6 Å². The molecule has 140 valence electrons. The molecule has 0 aliphatic heterocycles. The molecule has 0 bridgehead atoms. The zero-order valence-electron chi connectivity index (χ0n) is 15.3. The van der Waals surface area contributed by atoms with Gasteiger partial charge in [-0.05, 0) is 66.9 Å². The summed E-state index contributed by atoms with van der Waals surface area (Å²) in [5.74, 6) is -0.343. The van der Waals surface area contributed by atoms with E-state index in [1.807, 2.05) is 41.9 Å². The van der Waals surface area contributed by atoms with Crippen LogP contribution in [0.5, 0.6) is 0 Å². The smallest absolute Gasteiger partial charge is 0.265 e. The molecule has 28 heavy (non-hydrogen) atoms. The maximum absolute atomic E-state index is 12.5. The second kappa shape index (κ2) is 7.70. The van der Waals surface area contributed by atoms with E-state index in [4.69, 9.17) is 0 Å². The molecule has 2 aromatic heterocycles. The van der Waals surface area contributed by atoms with E-state index in [2.05, 4.69) is 22.1 Å². The van der Waals surface area contributed by atoms with Crippen LogP contribution in [0.25, 0.3) is 10.9 Å². The van der Waals surface area contributed by atoms with Crippen molar-refractivity contribution in [2.45, 2.75) is 13.5 Å². The number of anilines is 2. The Balaban J connectivity index is 1.44. The first-order chi connectivity index (χ1) is 13.6. The van der Waals surface area contributed by atoms with Gasteiger partial charge in [0.05, 0.1) is 4.88 Å². The van der Waals surface area contributed by atoms with E-state index in [-0.39, 0.29) is 11.8 Å². The molecule has 0 fully saturated rings. The van der Waals surface area contributed by atoms with Gasteiger partial charge in [0.15, 0.2) is 0 Å². The molecule has 0 radical (unpaired) electrons. The summed E-state index contributed by atoms with van der Waals surface area (Å²) in [4.78, 5) is 25.3. The molecule has 5 nitrogen and oxygen atoms in total. The maximum Gasteiger partial charge on any atom is 0.265 e. The molecule has 0 unspecified atom stereocenters. The topological polar surface area (TPSA) is 63.1 Å². The number of aromatic nitrogens is 1. The predicted molar refractivity (Wildman–Crippen MR) is 114 cm³/mol. The summed E-state index contributed by atoms with van der Waals surface area (Å²) < 4.78 is 2.16. The summed E-state index contributed by atoms with van der Waals surface area (Å²) in [6.07, 6.45) is 2.04. The first-order valence-corrected chi connectivity index (χ1v) is 9.87.